The quantitative estimate of drug-likeness (QED) is 0.360. The van der Waals surface area contributed by atoms with Gasteiger partial charge in [-0.15, -0.1) is 0 Å². The normalized spacial score (nSPS) is 21.8. The smallest absolute Gasteiger partial charge is 0.338 e. The molecule has 186 valence electrons. The van der Waals surface area contributed by atoms with Gasteiger partial charge in [0.1, 0.15) is 6.10 Å². The van der Waals surface area contributed by atoms with Gasteiger partial charge in [-0.1, -0.05) is 54.6 Å². The lowest BCUT2D eigenvalue weighted by Crippen LogP contribution is -2.46. The molecule has 0 unspecified atom stereocenters. The van der Waals surface area contributed by atoms with Gasteiger partial charge in [-0.25, -0.2) is 14.4 Å². The van der Waals surface area contributed by atoms with Crippen LogP contribution in [0.5, 0.6) is 0 Å². The van der Waals surface area contributed by atoms with E-state index in [-0.39, 0.29) is 16.7 Å². The van der Waals surface area contributed by atoms with Gasteiger partial charge in [0, 0.05) is 0 Å². The Bertz CT molecular complexity index is 1170. The maximum Gasteiger partial charge on any atom is 0.338 e. The Morgan fingerprint density at radius 2 is 1.11 bits per heavy atom. The highest BCUT2D eigenvalue weighted by molar-refractivity contribution is 5.91. The van der Waals surface area contributed by atoms with E-state index in [2.05, 4.69) is 0 Å². The predicted molar refractivity (Wildman–Crippen MR) is 125 cm³/mol. The lowest BCUT2D eigenvalue weighted by molar-refractivity contribution is -0.152. The maximum atomic E-state index is 12.8. The molecule has 0 bridgehead atoms. The molecule has 1 saturated heterocycles. The van der Waals surface area contributed by atoms with Gasteiger partial charge >= 0.3 is 17.9 Å². The van der Waals surface area contributed by atoms with Crippen LogP contribution in [-0.4, -0.2) is 65.4 Å². The minimum Gasteiger partial charge on any atom is -0.453 e. The summed E-state index contributed by atoms with van der Waals surface area (Å²) in [7, 11) is 0. The number of carbonyl (C=O) groups excluding carboxylic acids is 3. The first-order valence-corrected chi connectivity index (χ1v) is 11.2. The summed E-state index contributed by atoms with van der Waals surface area (Å²) in [6.45, 7) is -0.714. The van der Waals surface area contributed by atoms with Crippen LogP contribution < -0.4 is 0 Å². The molecule has 0 aliphatic carbocycles. The Labute approximate surface area is 206 Å². The fourth-order valence-electron chi connectivity index (χ4n) is 3.74. The number of esters is 3. The van der Waals surface area contributed by atoms with Gasteiger partial charge in [-0.05, 0) is 36.4 Å². The standard InChI is InChI=1S/C27H24O9/c28-16-20(33-24(29)17-10-4-1-5-11-17)21-22(35-25(30)18-12-6-2-7-13-18)23(27(32)34-21)36-26(31)19-14-8-3-9-15-19/h1-15,20-23,27-28,32H,16H2/t20-,21+,22-,23+,27-/m0/s1. The van der Waals surface area contributed by atoms with Gasteiger partial charge in [0.2, 0.25) is 0 Å². The van der Waals surface area contributed by atoms with Crippen molar-refractivity contribution in [2.75, 3.05) is 6.61 Å². The zero-order valence-electron chi connectivity index (χ0n) is 19.0. The molecule has 0 radical (unpaired) electrons. The van der Waals surface area contributed by atoms with Crippen LogP contribution >= 0.6 is 0 Å². The number of carbonyl (C=O) groups is 3. The monoisotopic (exact) mass is 492 g/mol. The maximum absolute atomic E-state index is 12.8. The van der Waals surface area contributed by atoms with Gasteiger partial charge in [0.15, 0.2) is 24.6 Å². The fraction of sp³-hybridized carbons (Fsp3) is 0.222. The molecule has 0 aromatic heterocycles. The Balaban J connectivity index is 1.59. The number of hydrogen-bond donors (Lipinski definition) is 2. The molecule has 1 heterocycles. The third-order valence-electron chi connectivity index (χ3n) is 5.54. The second-order valence-corrected chi connectivity index (χ2v) is 7.96. The predicted octanol–water partition coefficient (Wildman–Crippen LogP) is 2.37. The molecule has 9 nitrogen and oxygen atoms in total. The van der Waals surface area contributed by atoms with E-state index in [0.717, 1.165) is 0 Å². The first-order chi connectivity index (χ1) is 17.5. The zero-order chi connectivity index (χ0) is 25.5. The SMILES string of the molecule is O=C(O[C@@H]1[C@@H](OC(=O)c2ccccc2)[C@@H](O)O[C@@H]1[C@H](CO)OC(=O)c1ccccc1)c1ccccc1. The highest BCUT2D eigenvalue weighted by Crippen LogP contribution is 2.30. The topological polar surface area (TPSA) is 129 Å². The highest BCUT2D eigenvalue weighted by Gasteiger charge is 2.53. The summed E-state index contributed by atoms with van der Waals surface area (Å²) >= 11 is 0. The molecule has 3 aromatic rings. The van der Waals surface area contributed by atoms with Crippen molar-refractivity contribution in [3.63, 3.8) is 0 Å². The molecule has 1 aliphatic heterocycles. The molecule has 5 atom stereocenters. The van der Waals surface area contributed by atoms with Crippen molar-refractivity contribution < 1.29 is 43.5 Å². The first-order valence-electron chi connectivity index (χ1n) is 11.2. The number of aliphatic hydroxyl groups is 2. The van der Waals surface area contributed by atoms with Gasteiger partial charge in [-0.2, -0.15) is 0 Å². The average Bonchev–Trinajstić information content (AvgIpc) is 3.22. The van der Waals surface area contributed by atoms with Crippen LogP contribution in [0, 0.1) is 0 Å². The minimum absolute atomic E-state index is 0.201. The number of hydrogen-bond acceptors (Lipinski definition) is 9. The molecule has 9 heteroatoms. The first kappa shape index (κ1) is 25.1. The van der Waals surface area contributed by atoms with E-state index in [1.165, 1.54) is 36.4 Å². The Hall–Kier alpha value is -4.05. The van der Waals surface area contributed by atoms with Crippen molar-refractivity contribution >= 4 is 17.9 Å². The highest BCUT2D eigenvalue weighted by atomic mass is 16.7. The van der Waals surface area contributed by atoms with E-state index >= 15 is 0 Å². The molecule has 36 heavy (non-hydrogen) atoms. The molecule has 1 aliphatic rings. The Kier molecular flexibility index (Phi) is 8.06. The van der Waals surface area contributed by atoms with E-state index in [0.29, 0.717) is 0 Å². The van der Waals surface area contributed by atoms with Crippen LogP contribution in [0.2, 0.25) is 0 Å². The number of rotatable bonds is 8. The van der Waals surface area contributed by atoms with E-state index in [4.69, 9.17) is 18.9 Å². The molecule has 1 fully saturated rings. The van der Waals surface area contributed by atoms with Crippen molar-refractivity contribution in [2.45, 2.75) is 30.7 Å². The summed E-state index contributed by atoms with van der Waals surface area (Å²) in [5.74, 6) is -2.33. The van der Waals surface area contributed by atoms with E-state index in [9.17, 15) is 24.6 Å². The second kappa shape index (κ2) is 11.6. The van der Waals surface area contributed by atoms with Crippen molar-refractivity contribution in [1.82, 2.24) is 0 Å². The summed E-state index contributed by atoms with van der Waals surface area (Å²) in [4.78, 5) is 38.1. The summed E-state index contributed by atoms with van der Waals surface area (Å²) < 4.78 is 22.0. The average molecular weight is 492 g/mol. The van der Waals surface area contributed by atoms with Gasteiger partial charge in [0.25, 0.3) is 0 Å². The van der Waals surface area contributed by atoms with E-state index < -0.39 is 55.2 Å². The minimum atomic E-state index is -1.72. The van der Waals surface area contributed by atoms with Crippen LogP contribution in [0.4, 0.5) is 0 Å². The molecular formula is C27H24O9. The Morgan fingerprint density at radius 1 is 0.694 bits per heavy atom. The Morgan fingerprint density at radius 3 is 1.56 bits per heavy atom. The lowest BCUT2D eigenvalue weighted by Gasteiger charge is -2.27. The van der Waals surface area contributed by atoms with Crippen molar-refractivity contribution in [1.29, 1.82) is 0 Å². The summed E-state index contributed by atoms with van der Waals surface area (Å²) in [6, 6.07) is 24.1. The molecular weight excluding hydrogens is 468 g/mol. The van der Waals surface area contributed by atoms with Gasteiger partial charge in [0.05, 0.1) is 23.3 Å². The summed E-state index contributed by atoms with van der Waals surface area (Å²) in [5, 5.41) is 20.6. The molecule has 0 saturated carbocycles. The van der Waals surface area contributed by atoms with Crippen molar-refractivity contribution in [3.05, 3.63) is 108 Å². The van der Waals surface area contributed by atoms with Crippen molar-refractivity contribution in [3.8, 4) is 0 Å². The van der Waals surface area contributed by atoms with Crippen LogP contribution in [0.1, 0.15) is 31.1 Å². The van der Waals surface area contributed by atoms with Crippen LogP contribution in [0.15, 0.2) is 91.0 Å². The molecule has 4 rings (SSSR count). The van der Waals surface area contributed by atoms with E-state index in [1.807, 2.05) is 0 Å². The molecule has 3 aromatic carbocycles. The van der Waals surface area contributed by atoms with Crippen LogP contribution in [-0.2, 0) is 18.9 Å². The van der Waals surface area contributed by atoms with Gasteiger partial charge < -0.3 is 29.2 Å². The van der Waals surface area contributed by atoms with Gasteiger partial charge in [-0.3, -0.25) is 0 Å². The van der Waals surface area contributed by atoms with E-state index in [1.54, 1.807) is 54.6 Å². The number of aliphatic hydroxyl groups excluding tert-OH is 2. The largest absolute Gasteiger partial charge is 0.453 e. The third-order valence-corrected chi connectivity index (χ3v) is 5.54. The molecule has 2 N–H and O–H groups in total. The lowest BCUT2D eigenvalue weighted by atomic mass is 10.0. The number of ether oxygens (including phenoxy) is 4. The molecule has 0 spiro atoms. The summed E-state index contributed by atoms with van der Waals surface area (Å²) in [5.41, 5.74) is 0.627. The second-order valence-electron chi connectivity index (χ2n) is 7.96. The van der Waals surface area contributed by atoms with Crippen LogP contribution in [0.25, 0.3) is 0 Å². The molecule has 0 amide bonds. The zero-order valence-corrected chi connectivity index (χ0v) is 19.0. The number of benzene rings is 3. The van der Waals surface area contributed by atoms with Crippen LogP contribution in [0.3, 0.4) is 0 Å². The fourth-order valence-corrected chi connectivity index (χ4v) is 3.74. The third kappa shape index (κ3) is 5.77. The van der Waals surface area contributed by atoms with Crippen molar-refractivity contribution in [2.24, 2.45) is 0 Å². The summed E-state index contributed by atoms with van der Waals surface area (Å²) in [6.07, 6.45) is -7.26.